The largest absolute Gasteiger partial charge is 0.479 e. The summed E-state index contributed by atoms with van der Waals surface area (Å²) in [6, 6.07) is 16.1. The number of nitrogens with one attached hydrogen (secondary N) is 2. The van der Waals surface area contributed by atoms with Crippen molar-refractivity contribution in [3.8, 4) is 11.1 Å². The van der Waals surface area contributed by atoms with E-state index in [0.717, 1.165) is 35.1 Å². The van der Waals surface area contributed by atoms with Crippen LogP contribution in [-0.4, -0.2) is 54.0 Å². The number of carboxylic acid groups (broad SMARTS) is 1. The second-order valence-electron chi connectivity index (χ2n) is 9.57. The first-order chi connectivity index (χ1) is 16.3. The van der Waals surface area contributed by atoms with Gasteiger partial charge in [0.2, 0.25) is 5.91 Å². The third kappa shape index (κ3) is 3.81. The molecule has 1 saturated carbocycles. The Balaban J connectivity index is 1.29. The fraction of sp³-hybridized carbons (Fsp3) is 0.423. The van der Waals surface area contributed by atoms with E-state index in [0.29, 0.717) is 0 Å². The van der Waals surface area contributed by atoms with Gasteiger partial charge in [-0.15, -0.1) is 0 Å². The zero-order chi connectivity index (χ0) is 23.9. The minimum absolute atomic E-state index is 0.0823. The second-order valence-corrected chi connectivity index (χ2v) is 9.57. The van der Waals surface area contributed by atoms with Crippen molar-refractivity contribution in [1.29, 1.82) is 0 Å². The fourth-order valence-electron chi connectivity index (χ4n) is 5.08. The van der Waals surface area contributed by atoms with E-state index in [4.69, 9.17) is 9.47 Å². The van der Waals surface area contributed by atoms with Gasteiger partial charge in [0.25, 0.3) is 0 Å². The zero-order valence-electron chi connectivity index (χ0n) is 19.0. The summed E-state index contributed by atoms with van der Waals surface area (Å²) in [6.07, 6.45) is 1.02. The predicted molar refractivity (Wildman–Crippen MR) is 123 cm³/mol. The number of ether oxygens (including phenoxy) is 2. The van der Waals surface area contributed by atoms with Crippen molar-refractivity contribution in [2.75, 3.05) is 19.8 Å². The zero-order valence-corrected chi connectivity index (χ0v) is 19.0. The number of alkyl carbamates (subject to hydrolysis) is 1. The highest BCUT2D eigenvalue weighted by Gasteiger charge is 2.53. The SMILES string of the molecule is CC(NC(=O)OCC1c2ccccc2-c2ccccc21)(C(=O)NC1(C(=O)O)CCOC1)C1CC1. The first-order valence-corrected chi connectivity index (χ1v) is 11.6. The molecule has 2 aromatic rings. The Hall–Kier alpha value is -3.39. The van der Waals surface area contributed by atoms with Gasteiger partial charge in [0.05, 0.1) is 6.61 Å². The molecule has 1 saturated heterocycles. The topological polar surface area (TPSA) is 114 Å². The number of benzene rings is 2. The summed E-state index contributed by atoms with van der Waals surface area (Å²) in [4.78, 5) is 37.9. The lowest BCUT2D eigenvalue weighted by Crippen LogP contribution is -2.65. The maximum Gasteiger partial charge on any atom is 0.408 e. The summed E-state index contributed by atoms with van der Waals surface area (Å²) >= 11 is 0. The highest BCUT2D eigenvalue weighted by atomic mass is 16.5. The molecule has 2 aromatic carbocycles. The molecule has 8 heteroatoms. The van der Waals surface area contributed by atoms with Gasteiger partial charge in [0.15, 0.2) is 5.54 Å². The second kappa shape index (κ2) is 8.43. The predicted octanol–water partition coefficient (Wildman–Crippen LogP) is 3.05. The van der Waals surface area contributed by atoms with E-state index >= 15 is 0 Å². The maximum absolute atomic E-state index is 13.2. The van der Waals surface area contributed by atoms with Crippen LogP contribution in [0, 0.1) is 5.92 Å². The Kier molecular flexibility index (Phi) is 5.56. The summed E-state index contributed by atoms with van der Waals surface area (Å²) in [5.41, 5.74) is 1.72. The van der Waals surface area contributed by atoms with Gasteiger partial charge in [-0.1, -0.05) is 48.5 Å². The number of carbonyl (C=O) groups excluding carboxylic acids is 2. The molecule has 0 aromatic heterocycles. The van der Waals surface area contributed by atoms with E-state index in [1.165, 1.54) is 0 Å². The van der Waals surface area contributed by atoms with Crippen molar-refractivity contribution in [1.82, 2.24) is 10.6 Å². The lowest BCUT2D eigenvalue weighted by Gasteiger charge is -2.33. The van der Waals surface area contributed by atoms with E-state index in [1.807, 2.05) is 36.4 Å². The standard InChI is InChI=1S/C26H28N2O6/c1-25(16-10-11-16,22(29)27-26(23(30)31)12-13-33-15-26)28-24(32)34-14-21-19-8-4-2-6-17(19)18-7-3-5-9-20(18)21/h2-9,16,21H,10-15H2,1H3,(H,27,29)(H,28,32)(H,30,31). The van der Waals surface area contributed by atoms with E-state index < -0.39 is 29.0 Å². The van der Waals surface area contributed by atoms with Crippen LogP contribution >= 0.6 is 0 Å². The van der Waals surface area contributed by atoms with Crippen LogP contribution in [0.25, 0.3) is 11.1 Å². The van der Waals surface area contributed by atoms with Crippen molar-refractivity contribution in [2.24, 2.45) is 5.92 Å². The minimum Gasteiger partial charge on any atom is -0.479 e. The highest BCUT2D eigenvalue weighted by Crippen LogP contribution is 2.45. The summed E-state index contributed by atoms with van der Waals surface area (Å²) in [7, 11) is 0. The van der Waals surface area contributed by atoms with Crippen molar-refractivity contribution in [2.45, 2.75) is 43.2 Å². The highest BCUT2D eigenvalue weighted by molar-refractivity contribution is 5.94. The maximum atomic E-state index is 13.2. The molecule has 34 heavy (non-hydrogen) atoms. The number of aliphatic carboxylic acids is 1. The molecule has 0 bridgehead atoms. The molecule has 3 aliphatic rings. The normalized spacial score (nSPS) is 22.9. The van der Waals surface area contributed by atoms with Crippen molar-refractivity contribution in [3.05, 3.63) is 59.7 Å². The van der Waals surface area contributed by atoms with Crippen LogP contribution in [0.1, 0.15) is 43.2 Å². The Morgan fingerprint density at radius 2 is 1.71 bits per heavy atom. The monoisotopic (exact) mass is 464 g/mol. The number of rotatable bonds is 7. The minimum atomic E-state index is -1.48. The van der Waals surface area contributed by atoms with Gasteiger partial charge in [-0.3, -0.25) is 4.79 Å². The molecule has 8 nitrogen and oxygen atoms in total. The molecule has 5 rings (SSSR count). The number of hydrogen-bond acceptors (Lipinski definition) is 5. The van der Waals surface area contributed by atoms with Crippen molar-refractivity contribution in [3.63, 3.8) is 0 Å². The molecule has 0 spiro atoms. The molecule has 2 unspecified atom stereocenters. The molecule has 1 aliphatic heterocycles. The summed E-state index contributed by atoms with van der Waals surface area (Å²) in [6.45, 7) is 1.92. The molecule has 0 radical (unpaired) electrons. The average Bonchev–Trinajstić information content (AvgIpc) is 3.50. The molecular weight excluding hydrogens is 436 g/mol. The third-order valence-corrected chi connectivity index (χ3v) is 7.35. The van der Waals surface area contributed by atoms with E-state index in [2.05, 4.69) is 22.8 Å². The first kappa shape index (κ1) is 22.4. The Bertz CT molecular complexity index is 1090. The van der Waals surface area contributed by atoms with Gasteiger partial charge < -0.3 is 25.2 Å². The van der Waals surface area contributed by atoms with Gasteiger partial charge in [-0.05, 0) is 47.9 Å². The van der Waals surface area contributed by atoms with Gasteiger partial charge in [-0.25, -0.2) is 9.59 Å². The Morgan fingerprint density at radius 1 is 1.09 bits per heavy atom. The summed E-state index contributed by atoms with van der Waals surface area (Å²) < 4.78 is 10.9. The summed E-state index contributed by atoms with van der Waals surface area (Å²) in [5, 5.41) is 15.1. The van der Waals surface area contributed by atoms with Crippen LogP contribution in [0.5, 0.6) is 0 Å². The van der Waals surface area contributed by atoms with Gasteiger partial charge in [0.1, 0.15) is 12.1 Å². The number of amides is 2. The Labute approximate surface area is 197 Å². The van der Waals surface area contributed by atoms with Crippen LogP contribution in [0.15, 0.2) is 48.5 Å². The lowest BCUT2D eigenvalue weighted by molar-refractivity contribution is -0.148. The summed E-state index contributed by atoms with van der Waals surface area (Å²) in [5.74, 6) is -1.85. The van der Waals surface area contributed by atoms with Gasteiger partial charge in [0, 0.05) is 18.9 Å². The molecule has 1 heterocycles. The van der Waals surface area contributed by atoms with Crippen LogP contribution in [-0.2, 0) is 19.1 Å². The molecule has 2 fully saturated rings. The number of carbonyl (C=O) groups is 3. The van der Waals surface area contributed by atoms with Crippen molar-refractivity contribution >= 4 is 18.0 Å². The fourth-order valence-corrected chi connectivity index (χ4v) is 5.08. The smallest absolute Gasteiger partial charge is 0.408 e. The molecule has 178 valence electrons. The van der Waals surface area contributed by atoms with E-state index in [9.17, 15) is 19.5 Å². The quantitative estimate of drug-likeness (QED) is 0.580. The first-order valence-electron chi connectivity index (χ1n) is 11.6. The number of hydrogen-bond donors (Lipinski definition) is 3. The number of carboxylic acids is 1. The van der Waals surface area contributed by atoms with Crippen LogP contribution < -0.4 is 10.6 Å². The van der Waals surface area contributed by atoms with Crippen LogP contribution in [0.4, 0.5) is 4.79 Å². The molecule has 3 N–H and O–H groups in total. The lowest BCUT2D eigenvalue weighted by atomic mass is 9.91. The van der Waals surface area contributed by atoms with Crippen molar-refractivity contribution < 1.29 is 29.0 Å². The average molecular weight is 465 g/mol. The molecular formula is C26H28N2O6. The van der Waals surface area contributed by atoms with Gasteiger partial charge in [-0.2, -0.15) is 0 Å². The number of fused-ring (bicyclic) bond motifs is 3. The van der Waals surface area contributed by atoms with Crippen LogP contribution in [0.2, 0.25) is 0 Å². The molecule has 2 atom stereocenters. The van der Waals surface area contributed by atoms with Crippen LogP contribution in [0.3, 0.4) is 0 Å². The Morgan fingerprint density at radius 3 is 2.24 bits per heavy atom. The van der Waals surface area contributed by atoms with E-state index in [-0.39, 0.29) is 38.1 Å². The molecule has 2 amide bonds. The third-order valence-electron chi connectivity index (χ3n) is 7.35. The van der Waals surface area contributed by atoms with Gasteiger partial charge >= 0.3 is 12.1 Å². The van der Waals surface area contributed by atoms with E-state index in [1.54, 1.807) is 6.92 Å². The molecule has 2 aliphatic carbocycles.